The molecule has 0 spiro atoms. The number of nitrogens with zero attached hydrogens (tertiary/aromatic N) is 2. The fourth-order valence-corrected chi connectivity index (χ4v) is 3.06. The topological polar surface area (TPSA) is 82.1 Å². The molecule has 1 aromatic carbocycles. The van der Waals surface area contributed by atoms with Crippen molar-refractivity contribution in [2.75, 3.05) is 33.8 Å². The summed E-state index contributed by atoms with van der Waals surface area (Å²) in [5.74, 6) is -0.0513. The van der Waals surface area contributed by atoms with E-state index < -0.39 is 12.1 Å². The Kier molecular flexibility index (Phi) is 7.87. The van der Waals surface area contributed by atoms with Gasteiger partial charge >= 0.3 is 6.09 Å². The van der Waals surface area contributed by atoms with E-state index in [0.29, 0.717) is 19.1 Å². The molecule has 0 bridgehead atoms. The number of likely N-dealkylation sites (tertiary alicyclic amines) is 1. The minimum absolute atomic E-state index is 0.0513. The Labute approximate surface area is 154 Å². The molecule has 1 atom stereocenters. The Morgan fingerprint density at radius 2 is 1.92 bits per heavy atom. The Bertz CT molecular complexity index is 571. The smallest absolute Gasteiger partial charge is 0.407 e. The van der Waals surface area contributed by atoms with E-state index in [9.17, 15) is 14.7 Å². The lowest BCUT2D eigenvalue weighted by Gasteiger charge is -2.35. The summed E-state index contributed by atoms with van der Waals surface area (Å²) in [4.78, 5) is 28.3. The number of carbonyl (C=O) groups is 2. The molecule has 1 fully saturated rings. The van der Waals surface area contributed by atoms with Crippen LogP contribution < -0.4 is 5.32 Å². The highest BCUT2D eigenvalue weighted by molar-refractivity contribution is 5.78. The van der Waals surface area contributed by atoms with Crippen molar-refractivity contribution in [3.05, 3.63) is 35.9 Å². The Hall–Kier alpha value is -2.12. The van der Waals surface area contributed by atoms with Crippen molar-refractivity contribution in [1.82, 2.24) is 15.1 Å². The van der Waals surface area contributed by atoms with Crippen molar-refractivity contribution in [1.29, 1.82) is 0 Å². The van der Waals surface area contributed by atoms with Crippen LogP contribution >= 0.6 is 0 Å². The molecule has 2 rings (SSSR count). The molecule has 0 radical (unpaired) electrons. The molecule has 1 heterocycles. The zero-order chi connectivity index (χ0) is 18.9. The van der Waals surface area contributed by atoms with Gasteiger partial charge in [0.15, 0.2) is 0 Å². The number of amides is 2. The number of carbonyl (C=O) groups excluding carboxylic acids is 2. The predicted molar refractivity (Wildman–Crippen MR) is 98.5 cm³/mol. The van der Waals surface area contributed by atoms with E-state index in [2.05, 4.69) is 24.3 Å². The summed E-state index contributed by atoms with van der Waals surface area (Å²) < 4.78 is 5.14. The molecule has 7 nitrogen and oxygen atoms in total. The maximum Gasteiger partial charge on any atom is 0.407 e. The summed E-state index contributed by atoms with van der Waals surface area (Å²) >= 11 is 0. The third-order valence-electron chi connectivity index (χ3n) is 4.72. The van der Waals surface area contributed by atoms with Crippen LogP contribution in [-0.4, -0.2) is 72.8 Å². The Morgan fingerprint density at radius 3 is 2.50 bits per heavy atom. The van der Waals surface area contributed by atoms with E-state index in [4.69, 9.17) is 4.74 Å². The molecule has 0 saturated carbocycles. The standard InChI is InChI=1S/C19H29N3O4/c1-21(2)17-8-10-22(11-9-17)18(24)12-16(13-23)20-19(25)26-14-15-6-4-3-5-7-15/h3-7,16-17,23H,8-14H2,1-2H3,(H,20,25)/t16-/m1/s1. The highest BCUT2D eigenvalue weighted by Gasteiger charge is 2.26. The van der Waals surface area contributed by atoms with Crippen LogP contribution in [0.4, 0.5) is 4.79 Å². The van der Waals surface area contributed by atoms with E-state index >= 15 is 0 Å². The van der Waals surface area contributed by atoms with Gasteiger partial charge in [-0.3, -0.25) is 4.79 Å². The molecule has 1 aliphatic rings. The number of hydrogen-bond donors (Lipinski definition) is 2. The van der Waals surface area contributed by atoms with Gasteiger partial charge in [-0.05, 0) is 32.5 Å². The van der Waals surface area contributed by atoms with Gasteiger partial charge < -0.3 is 25.0 Å². The number of aliphatic hydroxyl groups excluding tert-OH is 1. The van der Waals surface area contributed by atoms with Crippen LogP contribution in [0, 0.1) is 0 Å². The normalized spacial score (nSPS) is 16.4. The fourth-order valence-electron chi connectivity index (χ4n) is 3.06. The highest BCUT2D eigenvalue weighted by Crippen LogP contribution is 2.15. The fraction of sp³-hybridized carbons (Fsp3) is 0.579. The molecular weight excluding hydrogens is 334 g/mol. The molecule has 26 heavy (non-hydrogen) atoms. The number of hydrogen-bond acceptors (Lipinski definition) is 5. The maximum absolute atomic E-state index is 12.4. The summed E-state index contributed by atoms with van der Waals surface area (Å²) in [7, 11) is 4.10. The minimum Gasteiger partial charge on any atom is -0.445 e. The first kappa shape index (κ1) is 20.2. The minimum atomic E-state index is -0.641. The molecule has 2 amide bonds. The van der Waals surface area contributed by atoms with Gasteiger partial charge in [0.1, 0.15) is 6.61 Å². The number of nitrogens with one attached hydrogen (secondary N) is 1. The van der Waals surface area contributed by atoms with Gasteiger partial charge in [0, 0.05) is 25.6 Å². The average molecular weight is 363 g/mol. The average Bonchev–Trinajstić information content (AvgIpc) is 2.66. The van der Waals surface area contributed by atoms with Crippen molar-refractivity contribution in [2.45, 2.75) is 38.0 Å². The van der Waals surface area contributed by atoms with Crippen molar-refractivity contribution in [3.63, 3.8) is 0 Å². The molecular formula is C19H29N3O4. The van der Waals surface area contributed by atoms with Crippen LogP contribution in [0.2, 0.25) is 0 Å². The van der Waals surface area contributed by atoms with Gasteiger partial charge in [-0.2, -0.15) is 0 Å². The van der Waals surface area contributed by atoms with Crippen molar-refractivity contribution in [2.24, 2.45) is 0 Å². The van der Waals surface area contributed by atoms with Crippen LogP contribution in [0.5, 0.6) is 0 Å². The molecule has 1 aromatic rings. The largest absolute Gasteiger partial charge is 0.445 e. The van der Waals surface area contributed by atoms with Crippen LogP contribution in [0.3, 0.4) is 0 Å². The molecule has 7 heteroatoms. The quantitative estimate of drug-likeness (QED) is 0.761. The van der Waals surface area contributed by atoms with Crippen molar-refractivity contribution >= 4 is 12.0 Å². The second-order valence-electron chi connectivity index (χ2n) is 6.87. The van der Waals surface area contributed by atoms with Gasteiger partial charge in [0.25, 0.3) is 0 Å². The van der Waals surface area contributed by atoms with Gasteiger partial charge in [0.05, 0.1) is 12.6 Å². The van der Waals surface area contributed by atoms with Crippen LogP contribution in [0.25, 0.3) is 0 Å². The van der Waals surface area contributed by atoms with Gasteiger partial charge in [-0.25, -0.2) is 4.79 Å². The zero-order valence-electron chi connectivity index (χ0n) is 15.6. The summed E-state index contributed by atoms with van der Waals surface area (Å²) in [5.41, 5.74) is 0.878. The monoisotopic (exact) mass is 363 g/mol. The number of alkyl carbamates (subject to hydrolysis) is 1. The summed E-state index contributed by atoms with van der Waals surface area (Å²) in [5, 5.41) is 12.0. The maximum atomic E-state index is 12.4. The molecule has 0 aliphatic carbocycles. The molecule has 0 aromatic heterocycles. The van der Waals surface area contributed by atoms with Crippen LogP contribution in [-0.2, 0) is 16.1 Å². The third-order valence-corrected chi connectivity index (χ3v) is 4.72. The lowest BCUT2D eigenvalue weighted by Crippen LogP contribution is -2.47. The van der Waals surface area contributed by atoms with Crippen LogP contribution in [0.1, 0.15) is 24.8 Å². The summed E-state index contributed by atoms with van der Waals surface area (Å²) in [6, 6.07) is 9.20. The number of rotatable bonds is 7. The predicted octanol–water partition coefficient (Wildman–Crippen LogP) is 1.22. The Morgan fingerprint density at radius 1 is 1.27 bits per heavy atom. The van der Waals surface area contributed by atoms with E-state index in [1.165, 1.54) is 0 Å². The first-order valence-electron chi connectivity index (χ1n) is 9.02. The Balaban J connectivity index is 1.74. The summed E-state index contributed by atoms with van der Waals surface area (Å²) in [6.07, 6.45) is 1.32. The van der Waals surface area contributed by atoms with E-state index in [0.717, 1.165) is 18.4 Å². The number of aliphatic hydroxyl groups is 1. The number of piperidine rings is 1. The van der Waals surface area contributed by atoms with Crippen molar-refractivity contribution in [3.8, 4) is 0 Å². The SMILES string of the molecule is CN(C)C1CCN(C(=O)C[C@H](CO)NC(=O)OCc2ccccc2)CC1. The first-order chi connectivity index (χ1) is 12.5. The lowest BCUT2D eigenvalue weighted by atomic mass is 10.0. The molecule has 2 N–H and O–H groups in total. The van der Waals surface area contributed by atoms with E-state index in [-0.39, 0.29) is 25.5 Å². The highest BCUT2D eigenvalue weighted by atomic mass is 16.5. The summed E-state index contributed by atoms with van der Waals surface area (Å²) in [6.45, 7) is 1.26. The van der Waals surface area contributed by atoms with Gasteiger partial charge in [-0.1, -0.05) is 30.3 Å². The molecule has 1 saturated heterocycles. The van der Waals surface area contributed by atoms with E-state index in [1.807, 2.05) is 30.3 Å². The van der Waals surface area contributed by atoms with E-state index in [1.54, 1.807) is 4.90 Å². The second kappa shape index (κ2) is 10.1. The third kappa shape index (κ3) is 6.31. The second-order valence-corrected chi connectivity index (χ2v) is 6.87. The first-order valence-corrected chi connectivity index (χ1v) is 9.02. The zero-order valence-corrected chi connectivity index (χ0v) is 15.6. The van der Waals surface area contributed by atoms with Gasteiger partial charge in [-0.15, -0.1) is 0 Å². The molecule has 0 unspecified atom stereocenters. The number of ether oxygens (including phenoxy) is 1. The number of benzene rings is 1. The van der Waals surface area contributed by atoms with Crippen molar-refractivity contribution < 1.29 is 19.4 Å². The molecule has 144 valence electrons. The van der Waals surface area contributed by atoms with Gasteiger partial charge in [0.2, 0.25) is 5.91 Å². The lowest BCUT2D eigenvalue weighted by molar-refractivity contribution is -0.133. The molecule has 1 aliphatic heterocycles. The van der Waals surface area contributed by atoms with Crippen LogP contribution in [0.15, 0.2) is 30.3 Å².